The van der Waals surface area contributed by atoms with E-state index >= 15 is 0 Å². The standard InChI is InChI=1S/C14H10ClFO2/c15-14-5-4-12(16)7-11(14)9-18-13-3-1-2-10(6-13)8-17/h1-8H,9H2. The summed E-state index contributed by atoms with van der Waals surface area (Å²) in [5.74, 6) is 0.180. The molecule has 4 heteroatoms. The third kappa shape index (κ3) is 3.08. The van der Waals surface area contributed by atoms with E-state index < -0.39 is 0 Å². The van der Waals surface area contributed by atoms with Crippen LogP contribution in [-0.2, 0) is 6.61 Å². The Morgan fingerprint density at radius 3 is 2.83 bits per heavy atom. The molecule has 0 heterocycles. The van der Waals surface area contributed by atoms with E-state index in [1.165, 1.54) is 18.2 Å². The molecule has 2 nitrogen and oxygen atoms in total. The molecular weight excluding hydrogens is 255 g/mol. The first kappa shape index (κ1) is 12.6. The summed E-state index contributed by atoms with van der Waals surface area (Å²) in [6.07, 6.45) is 0.738. The van der Waals surface area contributed by atoms with Crippen molar-refractivity contribution in [3.8, 4) is 5.75 Å². The molecule has 0 radical (unpaired) electrons. The fourth-order valence-corrected chi connectivity index (χ4v) is 1.66. The van der Waals surface area contributed by atoms with Crippen molar-refractivity contribution < 1.29 is 13.9 Å². The minimum atomic E-state index is -0.361. The Bertz CT molecular complexity index is 569. The minimum Gasteiger partial charge on any atom is -0.489 e. The van der Waals surface area contributed by atoms with Gasteiger partial charge in [0.1, 0.15) is 24.5 Å². The summed E-state index contributed by atoms with van der Waals surface area (Å²) in [4.78, 5) is 10.6. The maximum absolute atomic E-state index is 13.0. The first-order valence-electron chi connectivity index (χ1n) is 5.31. The lowest BCUT2D eigenvalue weighted by molar-refractivity contribution is 0.112. The van der Waals surface area contributed by atoms with Crippen LogP contribution >= 0.6 is 11.6 Å². The maximum Gasteiger partial charge on any atom is 0.150 e. The predicted molar refractivity (Wildman–Crippen MR) is 67.6 cm³/mol. The van der Waals surface area contributed by atoms with Gasteiger partial charge in [0.2, 0.25) is 0 Å². The normalized spacial score (nSPS) is 10.1. The van der Waals surface area contributed by atoms with Gasteiger partial charge in [-0.1, -0.05) is 23.7 Å². The molecule has 0 aliphatic carbocycles. The van der Waals surface area contributed by atoms with E-state index in [1.54, 1.807) is 24.3 Å². The maximum atomic E-state index is 13.0. The fraction of sp³-hybridized carbons (Fsp3) is 0.0714. The number of carbonyl (C=O) groups is 1. The SMILES string of the molecule is O=Cc1cccc(OCc2cc(F)ccc2Cl)c1. The zero-order valence-electron chi connectivity index (χ0n) is 9.40. The molecule has 92 valence electrons. The third-order valence-electron chi connectivity index (χ3n) is 2.40. The Balaban J connectivity index is 2.11. The Labute approximate surface area is 109 Å². The first-order valence-corrected chi connectivity index (χ1v) is 5.69. The molecule has 0 bridgehead atoms. The zero-order chi connectivity index (χ0) is 13.0. The summed E-state index contributed by atoms with van der Waals surface area (Å²) in [5.41, 5.74) is 1.09. The number of carbonyl (C=O) groups excluding carboxylic acids is 1. The van der Waals surface area contributed by atoms with Gasteiger partial charge in [0, 0.05) is 16.1 Å². The van der Waals surface area contributed by atoms with Crippen molar-refractivity contribution in [3.05, 3.63) is 64.4 Å². The smallest absolute Gasteiger partial charge is 0.150 e. The van der Waals surface area contributed by atoms with Crippen LogP contribution in [0.25, 0.3) is 0 Å². The number of rotatable bonds is 4. The molecule has 0 spiro atoms. The highest BCUT2D eigenvalue weighted by Crippen LogP contribution is 2.20. The number of hydrogen-bond donors (Lipinski definition) is 0. The van der Waals surface area contributed by atoms with Crippen LogP contribution in [0, 0.1) is 5.82 Å². The third-order valence-corrected chi connectivity index (χ3v) is 2.77. The predicted octanol–water partition coefficient (Wildman–Crippen LogP) is 3.87. The molecule has 2 aromatic carbocycles. The highest BCUT2D eigenvalue weighted by Gasteiger charge is 2.03. The van der Waals surface area contributed by atoms with Gasteiger partial charge in [-0.25, -0.2) is 4.39 Å². The van der Waals surface area contributed by atoms with E-state index in [-0.39, 0.29) is 12.4 Å². The quantitative estimate of drug-likeness (QED) is 0.784. The lowest BCUT2D eigenvalue weighted by Crippen LogP contribution is -1.97. The van der Waals surface area contributed by atoms with Crippen LogP contribution < -0.4 is 4.74 Å². The van der Waals surface area contributed by atoms with Crippen molar-refractivity contribution in [1.29, 1.82) is 0 Å². The second kappa shape index (κ2) is 5.65. The van der Waals surface area contributed by atoms with E-state index in [0.29, 0.717) is 21.9 Å². The Morgan fingerprint density at radius 2 is 2.06 bits per heavy atom. The van der Waals surface area contributed by atoms with E-state index in [2.05, 4.69) is 0 Å². The summed E-state index contributed by atoms with van der Waals surface area (Å²) in [6, 6.07) is 10.8. The van der Waals surface area contributed by atoms with Crippen LogP contribution in [0.4, 0.5) is 4.39 Å². The van der Waals surface area contributed by atoms with Gasteiger partial charge in [0.25, 0.3) is 0 Å². The number of hydrogen-bond acceptors (Lipinski definition) is 2. The monoisotopic (exact) mass is 264 g/mol. The molecule has 0 atom stereocenters. The van der Waals surface area contributed by atoms with Gasteiger partial charge >= 0.3 is 0 Å². The molecule has 0 aliphatic rings. The highest BCUT2D eigenvalue weighted by molar-refractivity contribution is 6.31. The minimum absolute atomic E-state index is 0.152. The second-order valence-electron chi connectivity index (χ2n) is 3.71. The van der Waals surface area contributed by atoms with Crippen molar-refractivity contribution in [2.75, 3.05) is 0 Å². The van der Waals surface area contributed by atoms with Gasteiger partial charge in [0.05, 0.1) is 0 Å². The number of benzene rings is 2. The Morgan fingerprint density at radius 1 is 1.22 bits per heavy atom. The highest BCUT2D eigenvalue weighted by atomic mass is 35.5. The van der Waals surface area contributed by atoms with Crippen molar-refractivity contribution in [3.63, 3.8) is 0 Å². The summed E-state index contributed by atoms with van der Waals surface area (Å²) < 4.78 is 18.5. The lowest BCUT2D eigenvalue weighted by atomic mass is 10.2. The van der Waals surface area contributed by atoms with Gasteiger partial charge in [0.15, 0.2) is 0 Å². The van der Waals surface area contributed by atoms with Crippen molar-refractivity contribution in [2.24, 2.45) is 0 Å². The summed E-state index contributed by atoms with van der Waals surface area (Å²) in [5, 5.41) is 0.447. The molecule has 18 heavy (non-hydrogen) atoms. The van der Waals surface area contributed by atoms with E-state index in [0.717, 1.165) is 6.29 Å². The average Bonchev–Trinajstić information content (AvgIpc) is 2.40. The van der Waals surface area contributed by atoms with E-state index in [4.69, 9.17) is 16.3 Å². The van der Waals surface area contributed by atoms with Gasteiger partial charge in [-0.3, -0.25) is 4.79 Å². The van der Waals surface area contributed by atoms with Gasteiger partial charge in [-0.05, 0) is 30.3 Å². The van der Waals surface area contributed by atoms with Crippen molar-refractivity contribution in [2.45, 2.75) is 6.61 Å². The number of halogens is 2. The fourth-order valence-electron chi connectivity index (χ4n) is 1.49. The van der Waals surface area contributed by atoms with Crippen molar-refractivity contribution in [1.82, 2.24) is 0 Å². The largest absolute Gasteiger partial charge is 0.489 e. The second-order valence-corrected chi connectivity index (χ2v) is 4.12. The van der Waals surface area contributed by atoms with Crippen LogP contribution in [0.3, 0.4) is 0 Å². The number of ether oxygens (including phenoxy) is 1. The van der Waals surface area contributed by atoms with Crippen LogP contribution in [0.1, 0.15) is 15.9 Å². The Kier molecular flexibility index (Phi) is 3.95. The molecular formula is C14H10ClFO2. The van der Waals surface area contributed by atoms with Gasteiger partial charge in [-0.15, -0.1) is 0 Å². The molecule has 0 saturated heterocycles. The lowest BCUT2D eigenvalue weighted by Gasteiger charge is -2.08. The molecule has 0 amide bonds. The van der Waals surface area contributed by atoms with Crippen LogP contribution in [0.5, 0.6) is 5.75 Å². The summed E-state index contributed by atoms with van der Waals surface area (Å²) in [6.45, 7) is 0.152. The van der Waals surface area contributed by atoms with Crippen molar-refractivity contribution >= 4 is 17.9 Å². The van der Waals surface area contributed by atoms with Crippen LogP contribution in [-0.4, -0.2) is 6.29 Å². The average molecular weight is 265 g/mol. The van der Waals surface area contributed by atoms with E-state index in [1.807, 2.05) is 0 Å². The van der Waals surface area contributed by atoms with Crippen LogP contribution in [0.15, 0.2) is 42.5 Å². The molecule has 0 unspecified atom stereocenters. The molecule has 2 aromatic rings. The molecule has 0 aromatic heterocycles. The summed E-state index contributed by atoms with van der Waals surface area (Å²) in [7, 11) is 0. The number of aldehydes is 1. The van der Waals surface area contributed by atoms with Gasteiger partial charge < -0.3 is 4.74 Å². The molecule has 0 N–H and O–H groups in total. The molecule has 0 aliphatic heterocycles. The van der Waals surface area contributed by atoms with Gasteiger partial charge in [-0.2, -0.15) is 0 Å². The molecule has 0 saturated carbocycles. The Hall–Kier alpha value is -1.87. The zero-order valence-corrected chi connectivity index (χ0v) is 10.2. The molecule has 2 rings (SSSR count). The topological polar surface area (TPSA) is 26.3 Å². The molecule has 0 fully saturated rings. The summed E-state index contributed by atoms with van der Waals surface area (Å²) >= 11 is 5.92. The van der Waals surface area contributed by atoms with Crippen LogP contribution in [0.2, 0.25) is 5.02 Å². The first-order chi connectivity index (χ1) is 8.69. The van der Waals surface area contributed by atoms with E-state index in [9.17, 15) is 9.18 Å².